The predicted molar refractivity (Wildman–Crippen MR) is 147 cm³/mol. The van der Waals surface area contributed by atoms with Gasteiger partial charge >= 0.3 is 0 Å². The van der Waals surface area contributed by atoms with Crippen molar-refractivity contribution in [1.82, 2.24) is 9.66 Å². The quantitative estimate of drug-likeness (QED) is 0.279. The molecule has 0 aliphatic heterocycles. The Bertz CT molecular complexity index is 1480. The Labute approximate surface area is 218 Å². The largest absolute Gasteiger partial charge is 0.484 e. The van der Waals surface area contributed by atoms with Gasteiger partial charge in [-0.2, -0.15) is 9.78 Å². The number of rotatable bonds is 8. The van der Waals surface area contributed by atoms with Crippen LogP contribution in [0.25, 0.3) is 10.9 Å². The van der Waals surface area contributed by atoms with Crippen LogP contribution < -0.4 is 15.6 Å². The summed E-state index contributed by atoms with van der Waals surface area (Å²) in [6.45, 7) is 5.91. The maximum absolute atomic E-state index is 13.2. The second kappa shape index (κ2) is 11.3. The van der Waals surface area contributed by atoms with Crippen LogP contribution in [0.3, 0.4) is 0 Å². The number of amides is 1. The van der Waals surface area contributed by atoms with Gasteiger partial charge in [0.1, 0.15) is 11.6 Å². The maximum atomic E-state index is 13.2. The number of para-hydroxylation sites is 1. The SMILES string of the molecule is CC[C@@H](C)c1nc2ccc(Br)cc2c(=O)n1N=Cc1ccc(OCC(=O)Nc2ccccc2C)cc1. The number of nitrogens with zero attached hydrogens (tertiary/aromatic N) is 3. The molecule has 0 saturated heterocycles. The lowest BCUT2D eigenvalue weighted by Gasteiger charge is -2.14. The van der Waals surface area contributed by atoms with Crippen molar-refractivity contribution in [3.05, 3.63) is 98.5 Å². The molecule has 0 aliphatic carbocycles. The monoisotopic (exact) mass is 546 g/mol. The fourth-order valence-electron chi connectivity index (χ4n) is 3.60. The van der Waals surface area contributed by atoms with Crippen LogP contribution in [0.2, 0.25) is 0 Å². The van der Waals surface area contributed by atoms with Gasteiger partial charge in [0.05, 0.1) is 17.1 Å². The van der Waals surface area contributed by atoms with Crippen molar-refractivity contribution in [2.75, 3.05) is 11.9 Å². The highest BCUT2D eigenvalue weighted by Crippen LogP contribution is 2.21. The Morgan fingerprint density at radius 3 is 2.64 bits per heavy atom. The minimum absolute atomic E-state index is 0.0597. The van der Waals surface area contributed by atoms with Gasteiger partial charge in [-0.3, -0.25) is 9.59 Å². The molecule has 0 fully saturated rings. The van der Waals surface area contributed by atoms with Crippen LogP contribution in [0.4, 0.5) is 5.69 Å². The minimum atomic E-state index is -0.234. The van der Waals surface area contributed by atoms with E-state index in [2.05, 4.69) is 33.3 Å². The molecule has 1 N–H and O–H groups in total. The number of nitrogens with one attached hydrogen (secondary N) is 1. The maximum Gasteiger partial charge on any atom is 0.282 e. The molecule has 0 aliphatic rings. The highest BCUT2D eigenvalue weighted by atomic mass is 79.9. The zero-order chi connectivity index (χ0) is 25.7. The molecule has 4 aromatic rings. The van der Waals surface area contributed by atoms with E-state index in [1.807, 2.05) is 62.4 Å². The van der Waals surface area contributed by atoms with Gasteiger partial charge < -0.3 is 10.1 Å². The summed E-state index contributed by atoms with van der Waals surface area (Å²) < 4.78 is 7.80. The third-order valence-electron chi connectivity index (χ3n) is 5.88. The van der Waals surface area contributed by atoms with E-state index in [-0.39, 0.29) is 24.0 Å². The molecular weight excluding hydrogens is 520 g/mol. The van der Waals surface area contributed by atoms with Gasteiger partial charge in [-0.05, 0) is 73.0 Å². The highest BCUT2D eigenvalue weighted by Gasteiger charge is 2.15. The first-order chi connectivity index (χ1) is 17.4. The van der Waals surface area contributed by atoms with Crippen LogP contribution in [0.5, 0.6) is 5.75 Å². The number of halogens is 1. The van der Waals surface area contributed by atoms with Crippen LogP contribution in [0.1, 0.15) is 43.1 Å². The Kier molecular flexibility index (Phi) is 7.95. The molecule has 0 radical (unpaired) electrons. The summed E-state index contributed by atoms with van der Waals surface area (Å²) in [6, 6.07) is 20.2. The number of anilines is 1. The third-order valence-corrected chi connectivity index (χ3v) is 6.37. The number of benzene rings is 3. The van der Waals surface area contributed by atoms with E-state index in [0.29, 0.717) is 22.5 Å². The van der Waals surface area contributed by atoms with Gasteiger partial charge in [0.25, 0.3) is 11.5 Å². The van der Waals surface area contributed by atoms with Crippen molar-refractivity contribution in [2.45, 2.75) is 33.1 Å². The molecule has 4 rings (SSSR count). The minimum Gasteiger partial charge on any atom is -0.484 e. The molecule has 0 bridgehead atoms. The molecule has 0 spiro atoms. The van der Waals surface area contributed by atoms with Crippen LogP contribution in [0, 0.1) is 6.92 Å². The number of ether oxygens (including phenoxy) is 1. The van der Waals surface area contributed by atoms with Crippen molar-refractivity contribution in [3.63, 3.8) is 0 Å². The van der Waals surface area contributed by atoms with Crippen LogP contribution >= 0.6 is 15.9 Å². The van der Waals surface area contributed by atoms with Gasteiger partial charge in [-0.1, -0.05) is 48.0 Å². The molecule has 1 aromatic heterocycles. The molecule has 184 valence electrons. The fraction of sp³-hybridized carbons (Fsp3) is 0.214. The van der Waals surface area contributed by atoms with Gasteiger partial charge in [-0.25, -0.2) is 4.98 Å². The zero-order valence-electron chi connectivity index (χ0n) is 20.4. The van der Waals surface area contributed by atoms with Crippen molar-refractivity contribution in [1.29, 1.82) is 0 Å². The summed E-state index contributed by atoms with van der Waals surface area (Å²) in [5.41, 5.74) is 2.97. The average molecular weight is 547 g/mol. The number of carbonyl (C=O) groups excluding carboxylic acids is 1. The number of carbonyl (C=O) groups is 1. The zero-order valence-corrected chi connectivity index (χ0v) is 22.0. The van der Waals surface area contributed by atoms with Gasteiger partial charge in [0.2, 0.25) is 0 Å². The van der Waals surface area contributed by atoms with E-state index in [1.54, 1.807) is 24.4 Å². The standard InChI is InChI=1S/C28H27BrN4O3/c1-4-18(2)27-32-25-14-11-21(29)15-23(25)28(35)33(27)30-16-20-9-12-22(13-10-20)36-17-26(34)31-24-8-6-5-7-19(24)3/h5-16,18H,4,17H2,1-3H3,(H,31,34)/t18-/m1/s1. The summed E-state index contributed by atoms with van der Waals surface area (Å²) in [5, 5.41) is 7.83. The summed E-state index contributed by atoms with van der Waals surface area (Å²) in [4.78, 5) is 30.2. The first kappa shape index (κ1) is 25.3. The topological polar surface area (TPSA) is 85.6 Å². The molecule has 1 heterocycles. The van der Waals surface area contributed by atoms with Gasteiger partial charge in [0.15, 0.2) is 6.61 Å². The third kappa shape index (κ3) is 5.88. The van der Waals surface area contributed by atoms with Crippen LogP contribution in [-0.2, 0) is 4.79 Å². The van der Waals surface area contributed by atoms with Gasteiger partial charge in [0, 0.05) is 16.1 Å². The second-order valence-corrected chi connectivity index (χ2v) is 9.44. The first-order valence-corrected chi connectivity index (χ1v) is 12.5. The smallest absolute Gasteiger partial charge is 0.282 e. The van der Waals surface area contributed by atoms with E-state index >= 15 is 0 Å². The Morgan fingerprint density at radius 1 is 1.17 bits per heavy atom. The van der Waals surface area contributed by atoms with Crippen molar-refractivity contribution in [2.24, 2.45) is 5.10 Å². The molecular formula is C28H27BrN4O3. The summed E-state index contributed by atoms with van der Waals surface area (Å²) in [7, 11) is 0. The van der Waals surface area contributed by atoms with E-state index in [9.17, 15) is 9.59 Å². The Balaban J connectivity index is 1.49. The summed E-state index contributed by atoms with van der Waals surface area (Å²) >= 11 is 3.42. The van der Waals surface area contributed by atoms with Crippen molar-refractivity contribution < 1.29 is 9.53 Å². The molecule has 36 heavy (non-hydrogen) atoms. The molecule has 1 atom stereocenters. The first-order valence-electron chi connectivity index (χ1n) is 11.7. The van der Waals surface area contributed by atoms with E-state index in [4.69, 9.17) is 9.72 Å². The van der Waals surface area contributed by atoms with Crippen molar-refractivity contribution in [3.8, 4) is 5.75 Å². The molecule has 1 amide bonds. The van der Waals surface area contributed by atoms with Crippen molar-refractivity contribution >= 4 is 44.6 Å². The molecule has 3 aromatic carbocycles. The second-order valence-electron chi connectivity index (χ2n) is 8.52. The predicted octanol–water partition coefficient (Wildman–Crippen LogP) is 5.88. The Morgan fingerprint density at radius 2 is 1.92 bits per heavy atom. The molecule has 0 unspecified atom stereocenters. The van der Waals surface area contributed by atoms with E-state index in [1.165, 1.54) is 4.68 Å². The lowest BCUT2D eigenvalue weighted by molar-refractivity contribution is -0.118. The average Bonchev–Trinajstić information content (AvgIpc) is 2.88. The summed E-state index contributed by atoms with van der Waals surface area (Å²) in [6.07, 6.45) is 2.45. The van der Waals surface area contributed by atoms with E-state index in [0.717, 1.165) is 27.7 Å². The van der Waals surface area contributed by atoms with Gasteiger partial charge in [-0.15, -0.1) is 0 Å². The lowest BCUT2D eigenvalue weighted by Crippen LogP contribution is -2.23. The lowest BCUT2D eigenvalue weighted by atomic mass is 10.1. The highest BCUT2D eigenvalue weighted by molar-refractivity contribution is 9.10. The number of hydrogen-bond donors (Lipinski definition) is 1. The fourth-order valence-corrected chi connectivity index (χ4v) is 3.96. The Hall–Kier alpha value is -3.78. The van der Waals surface area contributed by atoms with Crippen LogP contribution in [-0.4, -0.2) is 28.4 Å². The van der Waals surface area contributed by atoms with Crippen LogP contribution in [0.15, 0.2) is 81.1 Å². The summed E-state index contributed by atoms with van der Waals surface area (Å²) in [5.74, 6) is 1.00. The number of aromatic nitrogens is 2. The number of fused-ring (bicyclic) bond motifs is 1. The molecule has 0 saturated carbocycles. The number of hydrogen-bond acceptors (Lipinski definition) is 5. The number of aryl methyl sites for hydroxylation is 1. The molecule has 7 nitrogen and oxygen atoms in total. The molecule has 8 heteroatoms. The normalized spacial score (nSPS) is 12.1. The van der Waals surface area contributed by atoms with E-state index < -0.39 is 0 Å².